The summed E-state index contributed by atoms with van der Waals surface area (Å²) >= 11 is 0. The number of amides is 1. The standard InChI is InChI=1S/C26H32N2O/c1-16(29)27-7-8-28-23-6-5-20(12-22(23)21-3-2-4-24(27)25(21)28)26-13-17-9-18(14-26)11-19(10-17)15-26/h5-6,12,17-19,24H,2-4,7-11,13-15H2,1H3/t17?,18?,19?,24-,26?/m0/s1. The molecule has 2 heterocycles. The smallest absolute Gasteiger partial charge is 0.220 e. The highest BCUT2D eigenvalue weighted by Crippen LogP contribution is 2.61. The van der Waals surface area contributed by atoms with Gasteiger partial charge >= 0.3 is 0 Å². The second kappa shape index (κ2) is 5.68. The van der Waals surface area contributed by atoms with Gasteiger partial charge in [0.2, 0.25) is 5.91 Å². The molecule has 4 saturated carbocycles. The summed E-state index contributed by atoms with van der Waals surface area (Å²) in [6.07, 6.45) is 12.4. The normalized spacial score (nSPS) is 37.2. The Labute approximate surface area is 173 Å². The third-order valence-corrected chi connectivity index (χ3v) is 9.43. The molecule has 4 fully saturated rings. The van der Waals surface area contributed by atoms with E-state index in [0.717, 1.165) is 37.3 Å². The van der Waals surface area contributed by atoms with Crippen molar-refractivity contribution in [2.24, 2.45) is 17.8 Å². The molecule has 2 aromatic rings. The van der Waals surface area contributed by atoms with E-state index in [9.17, 15) is 4.79 Å². The molecule has 0 spiro atoms. The third kappa shape index (κ3) is 2.22. The maximum atomic E-state index is 12.3. The molecule has 4 bridgehead atoms. The number of nitrogens with zero attached hydrogens (tertiary/aromatic N) is 2. The molecule has 29 heavy (non-hydrogen) atoms. The van der Waals surface area contributed by atoms with E-state index in [4.69, 9.17) is 0 Å². The summed E-state index contributed by atoms with van der Waals surface area (Å²) in [5.74, 6) is 3.22. The van der Waals surface area contributed by atoms with Crippen molar-refractivity contribution < 1.29 is 4.79 Å². The molecule has 1 aromatic heterocycles. The molecule has 0 N–H and O–H groups in total. The third-order valence-electron chi connectivity index (χ3n) is 9.43. The van der Waals surface area contributed by atoms with Gasteiger partial charge in [-0.1, -0.05) is 6.07 Å². The molecule has 1 amide bonds. The lowest BCUT2D eigenvalue weighted by Gasteiger charge is -2.57. The summed E-state index contributed by atoms with van der Waals surface area (Å²) < 4.78 is 2.57. The lowest BCUT2D eigenvalue weighted by Crippen LogP contribution is -2.48. The number of hydrogen-bond acceptors (Lipinski definition) is 1. The van der Waals surface area contributed by atoms with Crippen LogP contribution in [0.5, 0.6) is 0 Å². The minimum Gasteiger partial charge on any atom is -0.341 e. The second-order valence-electron chi connectivity index (χ2n) is 11.1. The number of hydrogen-bond donors (Lipinski definition) is 0. The summed E-state index contributed by atoms with van der Waals surface area (Å²) in [4.78, 5) is 14.4. The molecule has 0 radical (unpaired) electrons. The first-order valence-corrected chi connectivity index (χ1v) is 12.0. The molecular weight excluding hydrogens is 356 g/mol. The monoisotopic (exact) mass is 388 g/mol. The average molecular weight is 389 g/mol. The first-order valence-electron chi connectivity index (χ1n) is 12.0. The lowest BCUT2D eigenvalue weighted by molar-refractivity contribution is -0.132. The quantitative estimate of drug-likeness (QED) is 0.646. The predicted octanol–water partition coefficient (Wildman–Crippen LogP) is 5.35. The fourth-order valence-corrected chi connectivity index (χ4v) is 8.78. The zero-order chi connectivity index (χ0) is 19.3. The van der Waals surface area contributed by atoms with Crippen molar-refractivity contribution in [2.45, 2.75) is 82.7 Å². The van der Waals surface area contributed by atoms with Crippen LogP contribution in [0.15, 0.2) is 18.2 Å². The van der Waals surface area contributed by atoms with E-state index in [1.165, 1.54) is 68.0 Å². The number of benzene rings is 1. The van der Waals surface area contributed by atoms with Crippen LogP contribution in [0.1, 0.15) is 81.2 Å². The first-order chi connectivity index (χ1) is 14.1. The van der Waals surface area contributed by atoms with Gasteiger partial charge in [0.15, 0.2) is 0 Å². The van der Waals surface area contributed by atoms with Crippen molar-refractivity contribution in [3.05, 3.63) is 35.0 Å². The molecule has 3 heteroatoms. The summed E-state index contributed by atoms with van der Waals surface area (Å²) in [6.45, 7) is 3.57. The molecule has 0 saturated heterocycles. The minimum atomic E-state index is 0.244. The molecule has 3 nitrogen and oxygen atoms in total. The van der Waals surface area contributed by atoms with Gasteiger partial charge in [0.25, 0.3) is 0 Å². The maximum absolute atomic E-state index is 12.3. The SMILES string of the molecule is CC(=O)N1CCn2c3c(c4cc(C56CC7CC(CC(C7)C5)C6)ccc42)CCC[C@@H]31. The Bertz CT molecular complexity index is 996. The zero-order valence-electron chi connectivity index (χ0n) is 17.6. The summed E-state index contributed by atoms with van der Waals surface area (Å²) in [5.41, 5.74) is 6.58. The van der Waals surface area contributed by atoms with Crippen LogP contribution < -0.4 is 0 Å². The van der Waals surface area contributed by atoms with Crippen LogP contribution in [0.3, 0.4) is 0 Å². The van der Waals surface area contributed by atoms with Gasteiger partial charge in [0.05, 0.1) is 6.04 Å². The van der Waals surface area contributed by atoms with Gasteiger partial charge < -0.3 is 9.47 Å². The van der Waals surface area contributed by atoms with Gasteiger partial charge in [0.1, 0.15) is 0 Å². The van der Waals surface area contributed by atoms with E-state index in [1.54, 1.807) is 18.1 Å². The van der Waals surface area contributed by atoms with Crippen LogP contribution in [0, 0.1) is 17.8 Å². The van der Waals surface area contributed by atoms with Crippen molar-refractivity contribution >= 4 is 16.8 Å². The molecule has 1 atom stereocenters. The average Bonchev–Trinajstić information content (AvgIpc) is 3.02. The summed E-state index contributed by atoms with van der Waals surface area (Å²) in [7, 11) is 0. The highest BCUT2D eigenvalue weighted by atomic mass is 16.2. The molecule has 152 valence electrons. The number of rotatable bonds is 1. The molecule has 5 aliphatic carbocycles. The van der Waals surface area contributed by atoms with Crippen LogP contribution in [-0.4, -0.2) is 21.9 Å². The Hall–Kier alpha value is -1.77. The summed E-state index contributed by atoms with van der Waals surface area (Å²) in [5, 5.41) is 1.52. The van der Waals surface area contributed by atoms with Crippen LogP contribution >= 0.6 is 0 Å². The lowest BCUT2D eigenvalue weighted by atomic mass is 9.48. The molecule has 1 aromatic carbocycles. The molecule has 8 rings (SSSR count). The van der Waals surface area contributed by atoms with Crippen molar-refractivity contribution in [3.63, 3.8) is 0 Å². The van der Waals surface area contributed by atoms with Crippen LogP contribution in [0.25, 0.3) is 10.9 Å². The van der Waals surface area contributed by atoms with E-state index in [2.05, 4.69) is 27.7 Å². The number of fused-ring (bicyclic) bond motifs is 3. The van der Waals surface area contributed by atoms with Crippen molar-refractivity contribution in [3.8, 4) is 0 Å². The Morgan fingerprint density at radius 3 is 2.45 bits per heavy atom. The first kappa shape index (κ1) is 17.0. The van der Waals surface area contributed by atoms with Crippen LogP contribution in [0.2, 0.25) is 0 Å². The van der Waals surface area contributed by atoms with Gasteiger partial charge in [-0.2, -0.15) is 0 Å². The van der Waals surface area contributed by atoms with Gasteiger partial charge in [-0.25, -0.2) is 0 Å². The maximum Gasteiger partial charge on any atom is 0.220 e. The van der Waals surface area contributed by atoms with E-state index < -0.39 is 0 Å². The van der Waals surface area contributed by atoms with Gasteiger partial charge in [0, 0.05) is 36.6 Å². The van der Waals surface area contributed by atoms with Gasteiger partial charge in [-0.05, 0) is 104 Å². The Balaban J connectivity index is 1.38. The minimum absolute atomic E-state index is 0.244. The zero-order valence-corrected chi connectivity index (χ0v) is 17.6. The van der Waals surface area contributed by atoms with Crippen molar-refractivity contribution in [1.29, 1.82) is 0 Å². The van der Waals surface area contributed by atoms with Crippen LogP contribution in [-0.2, 0) is 23.2 Å². The second-order valence-corrected chi connectivity index (χ2v) is 11.1. The van der Waals surface area contributed by atoms with Crippen molar-refractivity contribution in [2.75, 3.05) is 6.54 Å². The van der Waals surface area contributed by atoms with Gasteiger partial charge in [-0.15, -0.1) is 0 Å². The number of carbonyl (C=O) groups is 1. The van der Waals surface area contributed by atoms with Gasteiger partial charge in [-0.3, -0.25) is 4.79 Å². The Morgan fingerprint density at radius 1 is 1.03 bits per heavy atom. The highest BCUT2D eigenvalue weighted by Gasteiger charge is 2.51. The summed E-state index contributed by atoms with van der Waals surface area (Å²) in [6, 6.07) is 7.86. The molecule has 0 unspecified atom stereocenters. The fourth-order valence-electron chi connectivity index (χ4n) is 8.78. The molecule has 6 aliphatic rings. The molecule has 1 aliphatic heterocycles. The van der Waals surface area contributed by atoms with E-state index in [-0.39, 0.29) is 5.91 Å². The number of aromatic nitrogens is 1. The number of carbonyl (C=O) groups excluding carboxylic acids is 1. The van der Waals surface area contributed by atoms with Crippen molar-refractivity contribution in [1.82, 2.24) is 9.47 Å². The highest BCUT2D eigenvalue weighted by molar-refractivity contribution is 5.88. The van der Waals surface area contributed by atoms with E-state index in [1.807, 2.05) is 0 Å². The fraction of sp³-hybridized carbons (Fsp3) is 0.654. The molecular formula is C26H32N2O. The van der Waals surface area contributed by atoms with E-state index >= 15 is 0 Å². The Kier molecular flexibility index (Phi) is 3.32. The topological polar surface area (TPSA) is 25.2 Å². The van der Waals surface area contributed by atoms with Crippen LogP contribution in [0.4, 0.5) is 0 Å². The predicted molar refractivity (Wildman–Crippen MR) is 115 cm³/mol. The number of aryl methyl sites for hydroxylation is 1. The largest absolute Gasteiger partial charge is 0.341 e. The Morgan fingerprint density at radius 2 is 1.76 bits per heavy atom. The van der Waals surface area contributed by atoms with E-state index in [0.29, 0.717) is 11.5 Å².